The van der Waals surface area contributed by atoms with Crippen molar-refractivity contribution in [3.8, 4) is 51.4 Å². The van der Waals surface area contributed by atoms with Crippen molar-refractivity contribution in [3.63, 3.8) is 0 Å². The van der Waals surface area contributed by atoms with E-state index in [1.54, 1.807) is 5.56 Å². The van der Waals surface area contributed by atoms with Crippen LogP contribution in [0.2, 0.25) is 0 Å². The van der Waals surface area contributed by atoms with Crippen LogP contribution in [0.3, 0.4) is 0 Å². The van der Waals surface area contributed by atoms with E-state index in [2.05, 4.69) is 72.8 Å². The minimum atomic E-state index is 0.0220. The highest BCUT2D eigenvalue weighted by molar-refractivity contribution is 6.01. The molecule has 5 aliphatic rings. The van der Waals surface area contributed by atoms with Gasteiger partial charge in [-0.25, -0.2) is 15.0 Å². The Labute approximate surface area is 268 Å². The van der Waals surface area contributed by atoms with Crippen LogP contribution in [0.15, 0.2) is 109 Å². The van der Waals surface area contributed by atoms with E-state index in [9.17, 15) is 5.26 Å². The van der Waals surface area contributed by atoms with Crippen molar-refractivity contribution < 1.29 is 0 Å². The van der Waals surface area contributed by atoms with Crippen molar-refractivity contribution in [1.29, 1.82) is 5.26 Å². The zero-order valence-corrected chi connectivity index (χ0v) is 25.5. The predicted octanol–water partition coefficient (Wildman–Crippen LogP) is 9.62. The number of rotatable bonds is 3. The number of nitrogens with zero attached hydrogens (tertiary/aromatic N) is 4. The van der Waals surface area contributed by atoms with Crippen molar-refractivity contribution in [2.24, 2.45) is 23.7 Å². The lowest BCUT2D eigenvalue weighted by atomic mass is 9.43. The largest absolute Gasteiger partial charge is 0.208 e. The van der Waals surface area contributed by atoms with Crippen LogP contribution in [0.5, 0.6) is 0 Å². The van der Waals surface area contributed by atoms with Crippen LogP contribution in [-0.4, -0.2) is 15.0 Å². The molecule has 220 valence electrons. The summed E-state index contributed by atoms with van der Waals surface area (Å²) in [7, 11) is 0. The molecule has 0 unspecified atom stereocenters. The Morgan fingerprint density at radius 1 is 0.587 bits per heavy atom. The van der Waals surface area contributed by atoms with Crippen molar-refractivity contribution in [2.75, 3.05) is 0 Å². The summed E-state index contributed by atoms with van der Waals surface area (Å²) in [6.45, 7) is 0. The molecule has 4 nitrogen and oxygen atoms in total. The Bertz CT molecular complexity index is 2220. The molecule has 4 heteroatoms. The smallest absolute Gasteiger partial charge is 0.164 e. The monoisotopic (exact) mass is 592 g/mol. The van der Waals surface area contributed by atoms with Gasteiger partial charge in [-0.3, -0.25) is 0 Å². The Kier molecular flexibility index (Phi) is 5.49. The van der Waals surface area contributed by atoms with Gasteiger partial charge < -0.3 is 0 Å². The molecule has 0 aliphatic heterocycles. The third-order valence-electron chi connectivity index (χ3n) is 11.7. The molecule has 0 amide bonds. The predicted molar refractivity (Wildman–Crippen MR) is 182 cm³/mol. The molecule has 1 heterocycles. The molecule has 46 heavy (non-hydrogen) atoms. The number of fused-ring (bicyclic) bond motifs is 5. The lowest BCUT2D eigenvalue weighted by molar-refractivity contribution is -0.0393. The summed E-state index contributed by atoms with van der Waals surface area (Å²) in [5, 5.41) is 12.4. The summed E-state index contributed by atoms with van der Waals surface area (Å²) in [6, 6.07) is 40.6. The Morgan fingerprint density at radius 2 is 1.26 bits per heavy atom. The van der Waals surface area contributed by atoms with E-state index in [0.717, 1.165) is 28.5 Å². The third-order valence-corrected chi connectivity index (χ3v) is 11.7. The minimum absolute atomic E-state index is 0.0220. The molecule has 4 fully saturated rings. The molecule has 0 saturated heterocycles. The molecule has 0 atom stereocenters. The second kappa shape index (κ2) is 9.68. The number of hydrogen-bond donors (Lipinski definition) is 0. The molecule has 1 aromatic heterocycles. The summed E-state index contributed by atoms with van der Waals surface area (Å²) in [6.07, 6.45) is 6.78. The van der Waals surface area contributed by atoms with Crippen LogP contribution >= 0.6 is 0 Å². The van der Waals surface area contributed by atoms with Gasteiger partial charge in [0.25, 0.3) is 0 Å². The van der Waals surface area contributed by atoms with Crippen LogP contribution < -0.4 is 0 Å². The molecule has 5 aromatic carbocycles. The van der Waals surface area contributed by atoms with E-state index in [1.807, 2.05) is 42.5 Å². The van der Waals surface area contributed by atoms with Gasteiger partial charge in [-0.2, -0.15) is 5.26 Å². The van der Waals surface area contributed by atoms with Crippen molar-refractivity contribution in [1.82, 2.24) is 15.0 Å². The first-order valence-electron chi connectivity index (χ1n) is 16.7. The van der Waals surface area contributed by atoms with E-state index < -0.39 is 0 Å². The fourth-order valence-electron chi connectivity index (χ4n) is 10.3. The van der Waals surface area contributed by atoms with Gasteiger partial charge in [0.05, 0.1) is 11.6 Å². The van der Waals surface area contributed by atoms with Crippen LogP contribution in [0.4, 0.5) is 0 Å². The highest BCUT2D eigenvalue weighted by Crippen LogP contribution is 2.70. The molecular weight excluding hydrogens is 560 g/mol. The first-order valence-corrected chi connectivity index (χ1v) is 16.7. The van der Waals surface area contributed by atoms with Gasteiger partial charge in [0.15, 0.2) is 17.5 Å². The molecule has 4 saturated carbocycles. The Morgan fingerprint density at radius 3 is 2.04 bits per heavy atom. The molecule has 1 spiro atoms. The van der Waals surface area contributed by atoms with Gasteiger partial charge in [0, 0.05) is 22.1 Å². The molecule has 11 rings (SSSR count). The zero-order chi connectivity index (χ0) is 30.4. The van der Waals surface area contributed by atoms with Crippen molar-refractivity contribution >= 4 is 10.8 Å². The lowest BCUT2D eigenvalue weighted by Crippen LogP contribution is -2.55. The van der Waals surface area contributed by atoms with Gasteiger partial charge in [0.1, 0.15) is 0 Å². The average molecular weight is 593 g/mol. The maximum Gasteiger partial charge on any atom is 0.164 e. The molecule has 4 bridgehead atoms. The lowest BCUT2D eigenvalue weighted by Gasteiger charge is -2.61. The van der Waals surface area contributed by atoms with E-state index in [-0.39, 0.29) is 5.41 Å². The number of benzene rings is 5. The van der Waals surface area contributed by atoms with Gasteiger partial charge in [-0.1, -0.05) is 97.1 Å². The fraction of sp³-hybridized carbons (Fsp3) is 0.238. The topological polar surface area (TPSA) is 62.5 Å². The molecule has 0 N–H and O–H groups in total. The number of hydrogen-bond acceptors (Lipinski definition) is 4. The van der Waals surface area contributed by atoms with Gasteiger partial charge in [-0.05, 0) is 101 Å². The first kappa shape index (κ1) is 26.1. The van der Waals surface area contributed by atoms with E-state index in [1.165, 1.54) is 59.6 Å². The van der Waals surface area contributed by atoms with Crippen LogP contribution in [-0.2, 0) is 5.41 Å². The Hall–Kier alpha value is -5.14. The van der Waals surface area contributed by atoms with Gasteiger partial charge in [-0.15, -0.1) is 0 Å². The molecular formula is C42H32N4. The SMILES string of the molecule is N#Cc1cccc(-c2nc(-c3ccccc3)nc(-c3cccc4c3-c3ccc5ccccc5c3C43C4CC5CC(C4)CC3C5)n2)c1. The first-order chi connectivity index (χ1) is 22.7. The summed E-state index contributed by atoms with van der Waals surface area (Å²) < 4.78 is 0. The molecule has 5 aliphatic carbocycles. The standard InChI is InChI=1S/C42H32N4/c43-24-25-8-6-12-30(19-25)40-44-39(29-10-2-1-3-11-29)45-41(46-40)35-14-7-15-36-37(35)34-17-16-28-9-4-5-13-33(28)38(34)42(36)31-20-26-18-27(22-31)23-32(42)21-26/h1-17,19,26-27,31-32H,18,20-23H2. The third kappa shape index (κ3) is 3.57. The summed E-state index contributed by atoms with van der Waals surface area (Å²) in [5.74, 6) is 4.98. The van der Waals surface area contributed by atoms with Crippen molar-refractivity contribution in [2.45, 2.75) is 37.5 Å². The van der Waals surface area contributed by atoms with Crippen LogP contribution in [0.1, 0.15) is 48.8 Å². The highest BCUT2D eigenvalue weighted by atomic mass is 15.0. The van der Waals surface area contributed by atoms with E-state index in [0.29, 0.717) is 34.9 Å². The zero-order valence-electron chi connectivity index (χ0n) is 25.5. The summed E-state index contributed by atoms with van der Waals surface area (Å²) in [4.78, 5) is 15.3. The highest BCUT2D eigenvalue weighted by Gasteiger charge is 2.62. The molecule has 6 aromatic rings. The second-order valence-electron chi connectivity index (χ2n) is 14.0. The van der Waals surface area contributed by atoms with Crippen molar-refractivity contribution in [3.05, 3.63) is 126 Å². The maximum atomic E-state index is 9.65. The van der Waals surface area contributed by atoms with E-state index in [4.69, 9.17) is 15.0 Å². The van der Waals surface area contributed by atoms with Gasteiger partial charge >= 0.3 is 0 Å². The van der Waals surface area contributed by atoms with Crippen LogP contribution in [0.25, 0.3) is 56.1 Å². The minimum Gasteiger partial charge on any atom is -0.208 e. The normalized spacial score (nSPS) is 25.0. The van der Waals surface area contributed by atoms with E-state index >= 15 is 0 Å². The fourth-order valence-corrected chi connectivity index (χ4v) is 10.3. The maximum absolute atomic E-state index is 9.65. The summed E-state index contributed by atoms with van der Waals surface area (Å²) >= 11 is 0. The Balaban J connectivity index is 1.26. The second-order valence-corrected chi connectivity index (χ2v) is 14.0. The number of aromatic nitrogens is 3. The average Bonchev–Trinajstić information content (AvgIpc) is 3.42. The molecule has 0 radical (unpaired) electrons. The van der Waals surface area contributed by atoms with Gasteiger partial charge in [0.2, 0.25) is 0 Å². The summed E-state index contributed by atoms with van der Waals surface area (Å²) in [5.41, 5.74) is 9.14. The number of nitriles is 1. The van der Waals surface area contributed by atoms with Crippen LogP contribution in [0, 0.1) is 35.0 Å². The quantitative estimate of drug-likeness (QED) is 0.205.